The molecule has 1 heterocycles. The van der Waals surface area contributed by atoms with Crippen LogP contribution in [0, 0.1) is 0 Å². The van der Waals surface area contributed by atoms with E-state index in [2.05, 4.69) is 5.32 Å². The lowest BCUT2D eigenvalue weighted by Crippen LogP contribution is -2.57. The van der Waals surface area contributed by atoms with Gasteiger partial charge >= 0.3 is 5.97 Å². The highest BCUT2D eigenvalue weighted by Gasteiger charge is 2.37. The van der Waals surface area contributed by atoms with Crippen molar-refractivity contribution in [2.45, 2.75) is 19.9 Å². The molecule has 112 valence electrons. The number of carbonyl (C=O) groups excluding carboxylic acids is 1. The molecule has 0 bridgehead atoms. The van der Waals surface area contributed by atoms with Gasteiger partial charge in [0.25, 0.3) is 0 Å². The fourth-order valence-corrected chi connectivity index (χ4v) is 3.36. The smallest absolute Gasteiger partial charge is 0.325 e. The molecule has 0 radical (unpaired) electrons. The Morgan fingerprint density at radius 2 is 2.11 bits per heavy atom. The van der Waals surface area contributed by atoms with Crippen molar-refractivity contribution < 1.29 is 22.7 Å². The Morgan fingerprint density at radius 1 is 1.37 bits per heavy atom. The van der Waals surface area contributed by atoms with Gasteiger partial charge in [0.05, 0.1) is 19.0 Å². The van der Waals surface area contributed by atoms with Gasteiger partial charge in [0.15, 0.2) is 0 Å². The molecule has 1 rings (SSSR count). The third kappa shape index (κ3) is 4.72. The minimum atomic E-state index is -3.50. The number of piperazine rings is 1. The number of carbonyl (C=O) groups is 1. The van der Waals surface area contributed by atoms with Crippen LogP contribution in [0.3, 0.4) is 0 Å². The second kappa shape index (κ2) is 7.78. The van der Waals surface area contributed by atoms with Gasteiger partial charge in [-0.15, -0.1) is 0 Å². The van der Waals surface area contributed by atoms with Gasteiger partial charge in [0.1, 0.15) is 6.04 Å². The van der Waals surface area contributed by atoms with Crippen LogP contribution in [0.15, 0.2) is 0 Å². The first kappa shape index (κ1) is 16.4. The van der Waals surface area contributed by atoms with Crippen LogP contribution >= 0.6 is 0 Å². The number of sulfonamides is 1. The van der Waals surface area contributed by atoms with Crippen LogP contribution in [0.5, 0.6) is 0 Å². The van der Waals surface area contributed by atoms with Gasteiger partial charge in [0.2, 0.25) is 10.0 Å². The van der Waals surface area contributed by atoms with Crippen molar-refractivity contribution in [3.8, 4) is 0 Å². The van der Waals surface area contributed by atoms with E-state index in [1.165, 1.54) is 4.31 Å². The second-order valence-electron chi connectivity index (χ2n) is 4.10. The van der Waals surface area contributed by atoms with Crippen LogP contribution in [-0.2, 0) is 24.3 Å². The lowest BCUT2D eigenvalue weighted by molar-refractivity contribution is -0.148. The maximum Gasteiger partial charge on any atom is 0.325 e. The molecular weight excluding hydrogens is 272 g/mol. The van der Waals surface area contributed by atoms with Gasteiger partial charge in [0, 0.05) is 26.2 Å². The molecular formula is C11H22N2O5S. The molecule has 1 N–H and O–H groups in total. The van der Waals surface area contributed by atoms with E-state index in [0.717, 1.165) is 0 Å². The summed E-state index contributed by atoms with van der Waals surface area (Å²) in [6.07, 6.45) is 0. The topological polar surface area (TPSA) is 84.9 Å². The van der Waals surface area contributed by atoms with E-state index in [-0.39, 0.29) is 32.1 Å². The summed E-state index contributed by atoms with van der Waals surface area (Å²) in [6, 6.07) is -0.777. The number of nitrogens with one attached hydrogen (secondary N) is 1. The van der Waals surface area contributed by atoms with Gasteiger partial charge in [-0.1, -0.05) is 0 Å². The first-order valence-electron chi connectivity index (χ1n) is 6.47. The lowest BCUT2D eigenvalue weighted by atomic mass is 10.2. The molecule has 0 aromatic heterocycles. The van der Waals surface area contributed by atoms with Crippen LogP contribution in [0.4, 0.5) is 0 Å². The molecule has 19 heavy (non-hydrogen) atoms. The molecule has 0 aromatic rings. The Kier molecular flexibility index (Phi) is 6.70. The van der Waals surface area contributed by atoms with E-state index in [1.54, 1.807) is 13.8 Å². The highest BCUT2D eigenvalue weighted by atomic mass is 32.2. The Balaban J connectivity index is 2.72. The predicted octanol–water partition coefficient (Wildman–Crippen LogP) is -0.810. The zero-order valence-electron chi connectivity index (χ0n) is 11.4. The number of rotatable bonds is 7. The Morgan fingerprint density at radius 3 is 2.74 bits per heavy atom. The summed E-state index contributed by atoms with van der Waals surface area (Å²) in [7, 11) is -3.50. The molecule has 7 nitrogen and oxygen atoms in total. The molecule has 1 atom stereocenters. The van der Waals surface area contributed by atoms with Crippen molar-refractivity contribution in [1.29, 1.82) is 0 Å². The van der Waals surface area contributed by atoms with Crippen molar-refractivity contribution >= 4 is 16.0 Å². The number of esters is 1. The van der Waals surface area contributed by atoms with E-state index >= 15 is 0 Å². The zero-order valence-corrected chi connectivity index (χ0v) is 12.2. The van der Waals surface area contributed by atoms with Crippen molar-refractivity contribution in [2.24, 2.45) is 0 Å². The SMILES string of the molecule is CCOCCS(=O)(=O)N1CCNCC1C(=O)OCC. The number of hydrogen-bond acceptors (Lipinski definition) is 6. The third-order valence-corrected chi connectivity index (χ3v) is 4.63. The minimum absolute atomic E-state index is 0.114. The minimum Gasteiger partial charge on any atom is -0.465 e. The van der Waals surface area contributed by atoms with Crippen LogP contribution in [0.25, 0.3) is 0 Å². The molecule has 0 aliphatic carbocycles. The number of hydrogen-bond donors (Lipinski definition) is 1. The third-order valence-electron chi connectivity index (χ3n) is 2.80. The zero-order chi connectivity index (χ0) is 14.3. The summed E-state index contributed by atoms with van der Waals surface area (Å²) in [5.74, 6) is -0.619. The molecule has 1 saturated heterocycles. The van der Waals surface area contributed by atoms with E-state index in [1.807, 2.05) is 0 Å². The summed E-state index contributed by atoms with van der Waals surface area (Å²) < 4.78 is 35.6. The van der Waals surface area contributed by atoms with Gasteiger partial charge < -0.3 is 14.8 Å². The Hall–Kier alpha value is -0.700. The molecule has 1 unspecified atom stereocenters. The van der Waals surface area contributed by atoms with E-state index in [0.29, 0.717) is 13.2 Å². The number of nitrogens with zero attached hydrogens (tertiary/aromatic N) is 1. The van der Waals surface area contributed by atoms with Gasteiger partial charge in [-0.3, -0.25) is 4.79 Å². The van der Waals surface area contributed by atoms with Crippen LogP contribution < -0.4 is 5.32 Å². The Labute approximate surface area is 114 Å². The van der Waals surface area contributed by atoms with Gasteiger partial charge in [-0.2, -0.15) is 4.31 Å². The highest BCUT2D eigenvalue weighted by Crippen LogP contribution is 2.12. The molecule has 1 aliphatic rings. The average Bonchev–Trinajstić information content (AvgIpc) is 2.39. The van der Waals surface area contributed by atoms with Crippen molar-refractivity contribution in [3.05, 3.63) is 0 Å². The fraction of sp³-hybridized carbons (Fsp3) is 0.909. The van der Waals surface area contributed by atoms with Crippen LogP contribution in [-0.4, -0.2) is 69.9 Å². The van der Waals surface area contributed by atoms with Crippen molar-refractivity contribution in [2.75, 3.05) is 45.2 Å². The van der Waals surface area contributed by atoms with Crippen molar-refractivity contribution in [3.63, 3.8) is 0 Å². The molecule has 1 aliphatic heterocycles. The molecule has 0 amide bonds. The number of ether oxygens (including phenoxy) is 2. The standard InChI is InChI=1S/C11H22N2O5S/c1-3-17-7-8-19(15,16)13-6-5-12-9-10(13)11(14)18-4-2/h10,12H,3-9H2,1-2H3. The molecule has 1 fully saturated rings. The summed E-state index contributed by atoms with van der Waals surface area (Å²) in [5.41, 5.74) is 0. The largest absolute Gasteiger partial charge is 0.465 e. The highest BCUT2D eigenvalue weighted by molar-refractivity contribution is 7.89. The quantitative estimate of drug-likeness (QED) is 0.488. The van der Waals surface area contributed by atoms with E-state index in [9.17, 15) is 13.2 Å². The average molecular weight is 294 g/mol. The summed E-state index contributed by atoms with van der Waals surface area (Å²) in [4.78, 5) is 11.8. The lowest BCUT2D eigenvalue weighted by Gasteiger charge is -2.33. The fourth-order valence-electron chi connectivity index (χ4n) is 1.88. The van der Waals surface area contributed by atoms with Crippen LogP contribution in [0.1, 0.15) is 13.8 Å². The molecule has 8 heteroatoms. The first-order chi connectivity index (χ1) is 9.03. The molecule has 0 aromatic carbocycles. The van der Waals surface area contributed by atoms with E-state index < -0.39 is 22.0 Å². The Bertz CT molecular complexity index is 385. The maximum atomic E-state index is 12.2. The summed E-state index contributed by atoms with van der Waals surface area (Å²) >= 11 is 0. The summed E-state index contributed by atoms with van der Waals surface area (Å²) in [6.45, 7) is 5.44. The van der Waals surface area contributed by atoms with Gasteiger partial charge in [-0.05, 0) is 13.8 Å². The monoisotopic (exact) mass is 294 g/mol. The van der Waals surface area contributed by atoms with Gasteiger partial charge in [-0.25, -0.2) is 8.42 Å². The first-order valence-corrected chi connectivity index (χ1v) is 8.08. The maximum absolute atomic E-state index is 12.2. The summed E-state index contributed by atoms with van der Waals surface area (Å²) in [5, 5.41) is 3.01. The normalized spacial score (nSPS) is 21.3. The predicted molar refractivity (Wildman–Crippen MR) is 70.3 cm³/mol. The molecule has 0 spiro atoms. The van der Waals surface area contributed by atoms with Crippen LogP contribution in [0.2, 0.25) is 0 Å². The molecule has 0 saturated carbocycles. The van der Waals surface area contributed by atoms with Crippen molar-refractivity contribution in [1.82, 2.24) is 9.62 Å². The van der Waals surface area contributed by atoms with E-state index in [4.69, 9.17) is 9.47 Å². The second-order valence-corrected chi connectivity index (χ2v) is 6.14.